The van der Waals surface area contributed by atoms with E-state index in [1.165, 1.54) is 24.2 Å². The van der Waals surface area contributed by atoms with Crippen LogP contribution in [0, 0.1) is 5.92 Å². The van der Waals surface area contributed by atoms with Gasteiger partial charge >= 0.3 is 0 Å². The number of rotatable bonds is 3. The van der Waals surface area contributed by atoms with Crippen molar-refractivity contribution >= 4 is 33.0 Å². The molecule has 2 aromatic rings. The molecule has 5 heteroatoms. The van der Waals surface area contributed by atoms with Crippen molar-refractivity contribution in [1.29, 1.82) is 0 Å². The Bertz CT molecular complexity index is 643. The van der Waals surface area contributed by atoms with Gasteiger partial charge in [-0.1, -0.05) is 0 Å². The fourth-order valence-corrected chi connectivity index (χ4v) is 3.38. The minimum Gasteiger partial charge on any atom is -0.397 e. The minimum absolute atomic E-state index is 0.0735. The molecule has 0 spiro atoms. The number of nitrogens with two attached hydrogens (primary N) is 1. The molecule has 2 heterocycles. The smallest absolute Gasteiger partial charge is 0.263 e. The molecule has 3 rings (SSSR count). The molecule has 1 fully saturated rings. The van der Waals surface area contributed by atoms with Crippen molar-refractivity contribution in [2.75, 3.05) is 5.73 Å². The van der Waals surface area contributed by atoms with E-state index in [2.05, 4.69) is 24.1 Å². The number of carbonyl (C=O) groups excluding carboxylic acids is 1. The van der Waals surface area contributed by atoms with Gasteiger partial charge in [0.25, 0.3) is 5.91 Å². The second-order valence-corrected chi connectivity index (χ2v) is 6.72. The Morgan fingerprint density at radius 2 is 2.26 bits per heavy atom. The van der Waals surface area contributed by atoms with Crippen LogP contribution in [0.2, 0.25) is 0 Å². The average Bonchev–Trinajstić information content (AvgIpc) is 3.16. The van der Waals surface area contributed by atoms with E-state index in [1.54, 1.807) is 12.4 Å². The molecule has 0 unspecified atom stereocenters. The lowest BCUT2D eigenvalue weighted by Gasteiger charge is -2.25. The highest BCUT2D eigenvalue weighted by atomic mass is 32.1. The largest absolute Gasteiger partial charge is 0.397 e. The second kappa shape index (κ2) is 4.20. The predicted octanol–water partition coefficient (Wildman–Crippen LogP) is 2.80. The Morgan fingerprint density at radius 3 is 2.89 bits per heavy atom. The third-order valence-electron chi connectivity index (χ3n) is 3.77. The van der Waals surface area contributed by atoms with Crippen LogP contribution in [0.25, 0.3) is 10.1 Å². The third-order valence-corrected chi connectivity index (χ3v) is 4.93. The third kappa shape index (κ3) is 2.18. The number of hydrogen-bond donors (Lipinski definition) is 2. The van der Waals surface area contributed by atoms with Gasteiger partial charge in [0.15, 0.2) is 0 Å². The minimum atomic E-state index is -0.155. The topological polar surface area (TPSA) is 68.0 Å². The number of pyridine rings is 1. The molecule has 19 heavy (non-hydrogen) atoms. The van der Waals surface area contributed by atoms with Gasteiger partial charge in [-0.15, -0.1) is 11.3 Å². The number of aromatic nitrogens is 1. The van der Waals surface area contributed by atoms with Gasteiger partial charge in [0, 0.05) is 23.3 Å². The molecule has 0 aliphatic heterocycles. The van der Waals surface area contributed by atoms with Gasteiger partial charge in [-0.05, 0) is 38.7 Å². The quantitative estimate of drug-likeness (QED) is 0.905. The van der Waals surface area contributed by atoms with E-state index >= 15 is 0 Å². The van der Waals surface area contributed by atoms with Crippen molar-refractivity contribution in [3.63, 3.8) is 0 Å². The summed E-state index contributed by atoms with van der Waals surface area (Å²) in [6, 6.07) is 1.85. The molecule has 100 valence electrons. The van der Waals surface area contributed by atoms with Crippen molar-refractivity contribution in [2.45, 2.75) is 32.2 Å². The molecule has 1 aliphatic rings. The van der Waals surface area contributed by atoms with Gasteiger partial charge in [0.05, 0.1) is 10.4 Å². The molecule has 0 bridgehead atoms. The van der Waals surface area contributed by atoms with Gasteiger partial charge in [-0.3, -0.25) is 9.78 Å². The van der Waals surface area contributed by atoms with Crippen molar-refractivity contribution in [3.8, 4) is 0 Å². The Hall–Kier alpha value is -1.62. The monoisotopic (exact) mass is 275 g/mol. The zero-order chi connectivity index (χ0) is 13.6. The summed E-state index contributed by atoms with van der Waals surface area (Å²) in [5.41, 5.74) is 6.48. The first-order valence-electron chi connectivity index (χ1n) is 6.43. The summed E-state index contributed by atoms with van der Waals surface area (Å²) in [5, 5.41) is 4.02. The second-order valence-electron chi connectivity index (χ2n) is 5.67. The van der Waals surface area contributed by atoms with Crippen LogP contribution in [0.5, 0.6) is 0 Å². The normalized spacial score (nSPS) is 15.7. The first-order valence-corrected chi connectivity index (χ1v) is 7.25. The summed E-state index contributed by atoms with van der Waals surface area (Å²) in [6.07, 6.45) is 5.83. The van der Waals surface area contributed by atoms with E-state index in [0.29, 0.717) is 16.5 Å². The van der Waals surface area contributed by atoms with Crippen molar-refractivity contribution in [3.05, 3.63) is 23.3 Å². The molecule has 1 saturated carbocycles. The molecule has 0 radical (unpaired) electrons. The Morgan fingerprint density at radius 1 is 1.53 bits per heavy atom. The summed E-state index contributed by atoms with van der Waals surface area (Å²) in [4.78, 5) is 17.0. The van der Waals surface area contributed by atoms with Gasteiger partial charge in [-0.2, -0.15) is 0 Å². The maximum atomic E-state index is 12.4. The van der Waals surface area contributed by atoms with Gasteiger partial charge in [0.2, 0.25) is 0 Å². The molecule has 2 aromatic heterocycles. The van der Waals surface area contributed by atoms with Crippen LogP contribution in [0.15, 0.2) is 18.5 Å². The molecule has 1 aliphatic carbocycles. The maximum Gasteiger partial charge on any atom is 0.263 e. The maximum absolute atomic E-state index is 12.4. The summed E-state index contributed by atoms with van der Waals surface area (Å²) in [7, 11) is 0. The van der Waals surface area contributed by atoms with Crippen LogP contribution in [-0.2, 0) is 0 Å². The van der Waals surface area contributed by atoms with E-state index in [0.717, 1.165) is 10.1 Å². The molecule has 3 N–H and O–H groups in total. The van der Waals surface area contributed by atoms with E-state index in [9.17, 15) is 4.79 Å². The molecule has 1 amide bonds. The van der Waals surface area contributed by atoms with Gasteiger partial charge in [-0.25, -0.2) is 0 Å². The number of nitrogens with one attached hydrogen (secondary N) is 1. The molecular formula is C14H17N3OS. The highest BCUT2D eigenvalue weighted by molar-refractivity contribution is 7.21. The number of fused-ring (bicyclic) bond motifs is 1. The van der Waals surface area contributed by atoms with Gasteiger partial charge < -0.3 is 11.1 Å². The highest BCUT2D eigenvalue weighted by Crippen LogP contribution is 2.40. The average molecular weight is 275 g/mol. The summed E-state index contributed by atoms with van der Waals surface area (Å²) < 4.78 is 0.953. The fourth-order valence-electron chi connectivity index (χ4n) is 2.40. The molecule has 0 saturated heterocycles. The molecule has 0 atom stereocenters. The zero-order valence-corrected chi connectivity index (χ0v) is 11.9. The number of thiophene rings is 1. The molecule has 0 aromatic carbocycles. The van der Waals surface area contributed by atoms with Crippen LogP contribution in [0.3, 0.4) is 0 Å². The summed E-state index contributed by atoms with van der Waals surface area (Å²) >= 11 is 1.41. The van der Waals surface area contributed by atoms with Gasteiger partial charge in [0.1, 0.15) is 4.88 Å². The number of carbonyl (C=O) groups is 1. The number of nitrogen functional groups attached to an aromatic ring is 1. The SMILES string of the molecule is CC(C)(NC(=O)c1sc2cnccc2c1N)C1CC1. The Balaban J connectivity index is 1.91. The first-order chi connectivity index (χ1) is 8.99. The Kier molecular flexibility index (Phi) is 2.74. The highest BCUT2D eigenvalue weighted by Gasteiger charge is 2.39. The van der Waals surface area contributed by atoms with Crippen molar-refractivity contribution in [2.24, 2.45) is 5.92 Å². The van der Waals surface area contributed by atoms with Crippen LogP contribution >= 0.6 is 11.3 Å². The summed E-state index contributed by atoms with van der Waals surface area (Å²) in [6.45, 7) is 4.15. The first kappa shape index (κ1) is 12.4. The molecule has 4 nitrogen and oxygen atoms in total. The lowest BCUT2D eigenvalue weighted by Crippen LogP contribution is -2.45. The van der Waals surface area contributed by atoms with Crippen LogP contribution < -0.4 is 11.1 Å². The number of hydrogen-bond acceptors (Lipinski definition) is 4. The van der Waals surface area contributed by atoms with Crippen LogP contribution in [0.4, 0.5) is 5.69 Å². The lowest BCUT2D eigenvalue weighted by molar-refractivity contribution is 0.0908. The van der Waals surface area contributed by atoms with Crippen LogP contribution in [-0.4, -0.2) is 16.4 Å². The predicted molar refractivity (Wildman–Crippen MR) is 78.3 cm³/mol. The lowest BCUT2D eigenvalue weighted by atomic mass is 9.98. The van der Waals surface area contributed by atoms with Crippen molar-refractivity contribution < 1.29 is 4.79 Å². The van der Waals surface area contributed by atoms with Crippen LogP contribution in [0.1, 0.15) is 36.4 Å². The number of anilines is 1. The Labute approximate surface area is 116 Å². The molecular weight excluding hydrogens is 258 g/mol. The zero-order valence-electron chi connectivity index (χ0n) is 11.1. The van der Waals surface area contributed by atoms with Crippen molar-refractivity contribution in [1.82, 2.24) is 10.3 Å². The fraction of sp³-hybridized carbons (Fsp3) is 0.429. The number of amides is 1. The standard InChI is InChI=1S/C14H17N3OS/c1-14(2,8-3-4-8)17-13(18)12-11(15)9-5-6-16-7-10(9)19-12/h5-8H,3-4,15H2,1-2H3,(H,17,18). The number of nitrogens with zero attached hydrogens (tertiary/aromatic N) is 1. The van der Waals surface area contributed by atoms with E-state index in [4.69, 9.17) is 5.73 Å². The van der Waals surface area contributed by atoms with E-state index < -0.39 is 0 Å². The van der Waals surface area contributed by atoms with E-state index in [-0.39, 0.29) is 11.4 Å². The van der Waals surface area contributed by atoms with E-state index in [1.807, 2.05) is 6.07 Å². The summed E-state index contributed by atoms with van der Waals surface area (Å²) in [5.74, 6) is 0.518.